The number of aromatic hydroxyl groups is 1. The first-order chi connectivity index (χ1) is 14.6. The normalized spacial score (nSPS) is 16.4. The Morgan fingerprint density at radius 1 is 1.00 bits per heavy atom. The van der Waals surface area contributed by atoms with Gasteiger partial charge in [-0.25, -0.2) is 0 Å². The Morgan fingerprint density at radius 3 is 2.40 bits per heavy atom. The van der Waals surface area contributed by atoms with Crippen LogP contribution in [0.1, 0.15) is 22.7 Å². The highest BCUT2D eigenvalue weighted by molar-refractivity contribution is 6.30. The molecule has 156 valence electrons. The third-order valence-corrected chi connectivity index (χ3v) is 5.63. The van der Waals surface area contributed by atoms with Gasteiger partial charge in [0.1, 0.15) is 12.5 Å². The number of methoxy groups -OCH3 is 2. The van der Waals surface area contributed by atoms with Crippen molar-refractivity contribution in [3.8, 4) is 17.2 Å². The number of hydrogen-bond acceptors (Lipinski definition) is 5. The average molecular weight is 426 g/mol. The van der Waals surface area contributed by atoms with Gasteiger partial charge < -0.3 is 24.2 Å². The molecule has 0 saturated carbocycles. The molecule has 6 heteroatoms. The van der Waals surface area contributed by atoms with E-state index in [1.807, 2.05) is 54.6 Å². The van der Waals surface area contributed by atoms with Gasteiger partial charge in [0, 0.05) is 10.7 Å². The predicted molar refractivity (Wildman–Crippen MR) is 118 cm³/mol. The van der Waals surface area contributed by atoms with Crippen molar-refractivity contribution in [3.05, 3.63) is 82.4 Å². The van der Waals surface area contributed by atoms with Crippen LogP contribution < -0.4 is 14.4 Å². The molecule has 1 aliphatic rings. The molecular weight excluding hydrogens is 402 g/mol. The molecule has 0 spiro atoms. The summed E-state index contributed by atoms with van der Waals surface area (Å²) in [5.74, 6) is 1.36. The van der Waals surface area contributed by atoms with Gasteiger partial charge in [-0.05, 0) is 71.6 Å². The first-order valence-corrected chi connectivity index (χ1v) is 10.1. The fourth-order valence-electron chi connectivity index (χ4n) is 3.85. The van der Waals surface area contributed by atoms with E-state index >= 15 is 0 Å². The highest BCUT2D eigenvalue weighted by Crippen LogP contribution is 2.41. The van der Waals surface area contributed by atoms with Gasteiger partial charge in [-0.15, -0.1) is 0 Å². The Hall–Kier alpha value is -2.89. The summed E-state index contributed by atoms with van der Waals surface area (Å²) in [6, 6.07) is 19.2. The van der Waals surface area contributed by atoms with Crippen molar-refractivity contribution in [2.24, 2.45) is 0 Å². The molecule has 0 radical (unpaired) electrons. The number of phenols is 1. The second-order valence-electron chi connectivity index (χ2n) is 7.13. The Morgan fingerprint density at radius 2 is 1.73 bits per heavy atom. The predicted octanol–water partition coefficient (Wildman–Crippen LogP) is 5.19. The Bertz CT molecular complexity index is 1000. The van der Waals surface area contributed by atoms with Gasteiger partial charge in [-0.1, -0.05) is 23.7 Å². The van der Waals surface area contributed by atoms with E-state index in [0.717, 1.165) is 34.5 Å². The molecule has 30 heavy (non-hydrogen) atoms. The van der Waals surface area contributed by atoms with E-state index in [-0.39, 0.29) is 11.8 Å². The van der Waals surface area contributed by atoms with Gasteiger partial charge in [0.2, 0.25) is 0 Å². The van der Waals surface area contributed by atoms with Crippen LogP contribution in [0.2, 0.25) is 5.02 Å². The zero-order chi connectivity index (χ0) is 21.1. The zero-order valence-corrected chi connectivity index (χ0v) is 17.7. The fourth-order valence-corrected chi connectivity index (χ4v) is 3.98. The minimum absolute atomic E-state index is 0.117. The molecule has 0 bridgehead atoms. The molecule has 0 saturated heterocycles. The third kappa shape index (κ3) is 4.04. The van der Waals surface area contributed by atoms with Crippen molar-refractivity contribution in [1.29, 1.82) is 0 Å². The van der Waals surface area contributed by atoms with Crippen LogP contribution in [-0.2, 0) is 11.2 Å². The summed E-state index contributed by atoms with van der Waals surface area (Å²) in [5.41, 5.74) is 4.11. The molecule has 1 N–H and O–H groups in total. The maximum absolute atomic E-state index is 10.6. The summed E-state index contributed by atoms with van der Waals surface area (Å²) < 4.78 is 16.7. The Labute approximate surface area is 181 Å². The maximum Gasteiger partial charge on any atom is 0.160 e. The maximum atomic E-state index is 10.6. The lowest BCUT2D eigenvalue weighted by Crippen LogP contribution is -2.34. The van der Waals surface area contributed by atoms with E-state index in [1.54, 1.807) is 20.3 Å². The number of fused-ring (bicyclic) bond motifs is 1. The Balaban J connectivity index is 1.89. The standard InChI is InChI=1S/C24H24ClNO4/c1-28-20-9-7-19(8-10-20)26-15-30-12-11-17-13-23(29-2)22(27)14-21(17)24(26)16-3-5-18(25)6-4-16/h3-10,13-14,24,27H,11-12,15H2,1-2H3. The monoisotopic (exact) mass is 425 g/mol. The van der Waals surface area contributed by atoms with E-state index < -0.39 is 0 Å². The molecule has 5 nitrogen and oxygen atoms in total. The second-order valence-corrected chi connectivity index (χ2v) is 7.57. The summed E-state index contributed by atoms with van der Waals surface area (Å²) >= 11 is 6.15. The lowest BCUT2D eigenvalue weighted by atomic mass is 9.90. The number of anilines is 1. The summed E-state index contributed by atoms with van der Waals surface area (Å²) in [4.78, 5) is 2.17. The summed E-state index contributed by atoms with van der Waals surface area (Å²) in [5, 5.41) is 11.2. The number of hydrogen-bond donors (Lipinski definition) is 1. The van der Waals surface area contributed by atoms with Gasteiger partial charge >= 0.3 is 0 Å². The summed E-state index contributed by atoms with van der Waals surface area (Å²) in [6.45, 7) is 0.979. The molecule has 0 fully saturated rings. The number of nitrogens with zero attached hydrogens (tertiary/aromatic N) is 1. The SMILES string of the molecule is COc1ccc(N2COCCc3cc(OC)c(O)cc3C2c2ccc(Cl)cc2)cc1. The number of rotatable bonds is 4. The minimum atomic E-state index is -0.178. The molecule has 0 amide bonds. The quantitative estimate of drug-likeness (QED) is 0.623. The smallest absolute Gasteiger partial charge is 0.160 e. The lowest BCUT2D eigenvalue weighted by molar-refractivity contribution is 0.129. The van der Waals surface area contributed by atoms with Crippen LogP contribution in [0, 0.1) is 0 Å². The van der Waals surface area contributed by atoms with Crippen LogP contribution in [0.4, 0.5) is 5.69 Å². The second kappa shape index (κ2) is 8.86. The van der Waals surface area contributed by atoms with Crippen LogP contribution in [0.15, 0.2) is 60.7 Å². The van der Waals surface area contributed by atoms with E-state index in [4.69, 9.17) is 25.8 Å². The van der Waals surface area contributed by atoms with Gasteiger partial charge in [0.25, 0.3) is 0 Å². The van der Waals surface area contributed by atoms with Crippen LogP contribution >= 0.6 is 11.6 Å². The number of ether oxygens (including phenoxy) is 3. The molecule has 3 aromatic carbocycles. The number of halogens is 1. The molecule has 3 aromatic rings. The summed E-state index contributed by atoms with van der Waals surface area (Å²) in [7, 11) is 3.21. The van der Waals surface area contributed by atoms with Crippen LogP contribution in [0.5, 0.6) is 17.2 Å². The van der Waals surface area contributed by atoms with Crippen LogP contribution in [0.3, 0.4) is 0 Å². The fraction of sp³-hybridized carbons (Fsp3) is 0.250. The van der Waals surface area contributed by atoms with Crippen molar-refractivity contribution in [1.82, 2.24) is 0 Å². The minimum Gasteiger partial charge on any atom is -0.504 e. The van der Waals surface area contributed by atoms with Gasteiger partial charge in [-0.2, -0.15) is 0 Å². The molecule has 0 aromatic heterocycles. The van der Waals surface area contributed by atoms with E-state index in [1.165, 1.54) is 0 Å². The van der Waals surface area contributed by atoms with Crippen LogP contribution in [-0.4, -0.2) is 32.7 Å². The molecular formula is C24H24ClNO4. The first kappa shape index (κ1) is 20.4. The highest BCUT2D eigenvalue weighted by atomic mass is 35.5. The average Bonchev–Trinajstić information content (AvgIpc) is 2.76. The van der Waals surface area contributed by atoms with E-state index in [9.17, 15) is 5.11 Å². The van der Waals surface area contributed by atoms with Crippen molar-refractivity contribution >= 4 is 17.3 Å². The topological polar surface area (TPSA) is 51.2 Å². The van der Waals surface area contributed by atoms with E-state index in [0.29, 0.717) is 24.1 Å². The molecule has 1 unspecified atom stereocenters. The molecule has 0 aliphatic carbocycles. The lowest BCUT2D eigenvalue weighted by Gasteiger charge is -2.37. The highest BCUT2D eigenvalue weighted by Gasteiger charge is 2.28. The van der Waals surface area contributed by atoms with Crippen molar-refractivity contribution in [3.63, 3.8) is 0 Å². The van der Waals surface area contributed by atoms with Crippen molar-refractivity contribution < 1.29 is 19.3 Å². The van der Waals surface area contributed by atoms with Gasteiger partial charge in [0.05, 0.1) is 26.9 Å². The molecule has 4 rings (SSSR count). The Kier molecular flexibility index (Phi) is 6.02. The number of phenolic OH excluding ortho intramolecular Hbond substituents is 1. The van der Waals surface area contributed by atoms with Crippen molar-refractivity contribution in [2.45, 2.75) is 12.5 Å². The van der Waals surface area contributed by atoms with E-state index in [2.05, 4.69) is 4.90 Å². The van der Waals surface area contributed by atoms with Gasteiger partial charge in [-0.3, -0.25) is 0 Å². The number of benzene rings is 3. The summed E-state index contributed by atoms with van der Waals surface area (Å²) in [6.07, 6.45) is 0.729. The van der Waals surface area contributed by atoms with Crippen LogP contribution in [0.25, 0.3) is 0 Å². The first-order valence-electron chi connectivity index (χ1n) is 9.74. The van der Waals surface area contributed by atoms with Gasteiger partial charge in [0.15, 0.2) is 11.5 Å². The van der Waals surface area contributed by atoms with Crippen molar-refractivity contribution in [2.75, 3.05) is 32.5 Å². The third-order valence-electron chi connectivity index (χ3n) is 5.38. The molecule has 1 heterocycles. The zero-order valence-electron chi connectivity index (χ0n) is 17.0. The largest absolute Gasteiger partial charge is 0.504 e. The molecule has 1 atom stereocenters. The molecule has 1 aliphatic heterocycles.